The zero-order valence-electron chi connectivity index (χ0n) is 14.2. The third kappa shape index (κ3) is 3.70. The van der Waals surface area contributed by atoms with Gasteiger partial charge in [0.1, 0.15) is 5.60 Å². The number of ether oxygens (including phenoxy) is 1. The van der Waals surface area contributed by atoms with Gasteiger partial charge in [-0.2, -0.15) is 0 Å². The number of amides is 2. The van der Waals surface area contributed by atoms with E-state index in [-0.39, 0.29) is 12.0 Å². The summed E-state index contributed by atoms with van der Waals surface area (Å²) < 4.78 is 6.50. The Morgan fingerprint density at radius 2 is 1.67 bits per heavy atom. The number of hydrogen-bond acceptors (Lipinski definition) is 4. The van der Waals surface area contributed by atoms with Gasteiger partial charge >= 0.3 is 6.09 Å². The number of rotatable bonds is 1. The van der Waals surface area contributed by atoms with Crippen molar-refractivity contribution in [2.24, 2.45) is 0 Å². The quantitative estimate of drug-likeness (QED) is 0.793. The molecule has 1 aromatic heterocycles. The van der Waals surface area contributed by atoms with Gasteiger partial charge in [-0.1, -0.05) is 18.2 Å². The fourth-order valence-corrected chi connectivity index (χ4v) is 3.69. The van der Waals surface area contributed by atoms with Gasteiger partial charge in [-0.3, -0.25) is 4.79 Å². The first-order valence-corrected chi connectivity index (χ1v) is 8.91. The minimum Gasteiger partial charge on any atom is -0.444 e. The molecule has 0 unspecified atom stereocenters. The van der Waals surface area contributed by atoms with Gasteiger partial charge in [0.15, 0.2) is 0 Å². The minimum atomic E-state index is -0.499. The van der Waals surface area contributed by atoms with Crippen molar-refractivity contribution >= 4 is 33.4 Å². The van der Waals surface area contributed by atoms with Crippen LogP contribution in [0.5, 0.6) is 0 Å². The van der Waals surface area contributed by atoms with E-state index in [0.29, 0.717) is 26.2 Å². The normalized spacial score (nSPS) is 15.6. The fourth-order valence-electron chi connectivity index (χ4n) is 2.66. The first-order valence-electron chi connectivity index (χ1n) is 8.09. The molecule has 1 fully saturated rings. The lowest BCUT2D eigenvalue weighted by molar-refractivity contribution is 0.0141. The fraction of sp³-hybridized carbons (Fsp3) is 0.444. The SMILES string of the molecule is CC(C)(C)OC(=O)N1CCN(C(=O)c2cc3ccccc3s2)CC1. The molecule has 0 spiro atoms. The number of benzene rings is 1. The largest absolute Gasteiger partial charge is 0.444 e. The van der Waals surface area contributed by atoms with Gasteiger partial charge in [0, 0.05) is 30.9 Å². The molecule has 1 aliphatic rings. The highest BCUT2D eigenvalue weighted by atomic mass is 32.1. The van der Waals surface area contributed by atoms with E-state index in [1.54, 1.807) is 4.90 Å². The smallest absolute Gasteiger partial charge is 0.410 e. The number of fused-ring (bicyclic) bond motifs is 1. The Hall–Kier alpha value is -2.08. The standard InChI is InChI=1S/C18H22N2O3S/c1-18(2,3)23-17(22)20-10-8-19(9-11-20)16(21)15-12-13-6-4-5-7-14(13)24-15/h4-7,12H,8-11H2,1-3H3. The van der Waals surface area contributed by atoms with Gasteiger partial charge < -0.3 is 14.5 Å². The third-order valence-electron chi connectivity index (χ3n) is 3.85. The highest BCUT2D eigenvalue weighted by Crippen LogP contribution is 2.26. The molecule has 1 saturated heterocycles. The van der Waals surface area contributed by atoms with Crippen LogP contribution < -0.4 is 0 Å². The third-order valence-corrected chi connectivity index (χ3v) is 4.96. The summed E-state index contributed by atoms with van der Waals surface area (Å²) in [5.74, 6) is 0.0417. The van der Waals surface area contributed by atoms with Crippen LogP contribution in [0.1, 0.15) is 30.4 Å². The Balaban J connectivity index is 1.62. The Labute approximate surface area is 145 Å². The maximum Gasteiger partial charge on any atom is 0.410 e. The Morgan fingerprint density at radius 1 is 1.04 bits per heavy atom. The summed E-state index contributed by atoms with van der Waals surface area (Å²) in [5.41, 5.74) is -0.499. The second-order valence-electron chi connectivity index (χ2n) is 6.91. The van der Waals surface area contributed by atoms with Gasteiger partial charge in [0.25, 0.3) is 5.91 Å². The number of carbonyl (C=O) groups excluding carboxylic acids is 2. The van der Waals surface area contributed by atoms with E-state index in [4.69, 9.17) is 4.74 Å². The maximum absolute atomic E-state index is 12.7. The lowest BCUT2D eigenvalue weighted by Gasteiger charge is -2.35. The van der Waals surface area contributed by atoms with Crippen molar-refractivity contribution in [3.8, 4) is 0 Å². The van der Waals surface area contributed by atoms with Gasteiger partial charge in [-0.15, -0.1) is 11.3 Å². The second kappa shape index (κ2) is 6.43. The molecule has 6 heteroatoms. The van der Waals surface area contributed by atoms with Crippen LogP contribution in [0, 0.1) is 0 Å². The molecule has 0 atom stereocenters. The molecule has 24 heavy (non-hydrogen) atoms. The van der Waals surface area contributed by atoms with Gasteiger partial charge in [-0.25, -0.2) is 4.79 Å². The molecule has 0 saturated carbocycles. The molecule has 2 amide bonds. The van der Waals surface area contributed by atoms with Crippen LogP contribution in [0.25, 0.3) is 10.1 Å². The number of thiophene rings is 1. The Bertz CT molecular complexity index is 722. The zero-order chi connectivity index (χ0) is 17.3. The predicted molar refractivity (Wildman–Crippen MR) is 95.5 cm³/mol. The molecule has 2 aromatic rings. The van der Waals surface area contributed by atoms with Crippen molar-refractivity contribution in [3.63, 3.8) is 0 Å². The lowest BCUT2D eigenvalue weighted by atomic mass is 10.2. The maximum atomic E-state index is 12.7. The summed E-state index contributed by atoms with van der Waals surface area (Å²) in [5, 5.41) is 1.10. The molecule has 0 bridgehead atoms. The van der Waals surface area contributed by atoms with Crippen LogP contribution in [0.15, 0.2) is 30.3 Å². The molecule has 0 N–H and O–H groups in total. The van der Waals surface area contributed by atoms with E-state index < -0.39 is 5.60 Å². The van der Waals surface area contributed by atoms with Crippen LogP contribution in [0.4, 0.5) is 4.79 Å². The Morgan fingerprint density at radius 3 is 2.29 bits per heavy atom. The van der Waals surface area contributed by atoms with Crippen LogP contribution in [0.3, 0.4) is 0 Å². The first-order chi connectivity index (χ1) is 11.3. The van der Waals surface area contributed by atoms with E-state index in [0.717, 1.165) is 15.0 Å². The van der Waals surface area contributed by atoms with Crippen molar-refractivity contribution in [1.29, 1.82) is 0 Å². The van der Waals surface area contributed by atoms with Crippen molar-refractivity contribution < 1.29 is 14.3 Å². The molecule has 1 aliphatic heterocycles. The summed E-state index contributed by atoms with van der Waals surface area (Å²) in [7, 11) is 0. The van der Waals surface area contributed by atoms with Crippen molar-refractivity contribution in [2.45, 2.75) is 26.4 Å². The van der Waals surface area contributed by atoms with Crippen molar-refractivity contribution in [3.05, 3.63) is 35.2 Å². The molecule has 0 radical (unpaired) electrons. The van der Waals surface area contributed by atoms with E-state index in [1.807, 2.05) is 56.0 Å². The summed E-state index contributed by atoms with van der Waals surface area (Å²) in [6.45, 7) is 7.64. The molecular weight excluding hydrogens is 324 g/mol. The van der Waals surface area contributed by atoms with E-state index in [9.17, 15) is 9.59 Å². The van der Waals surface area contributed by atoms with Gasteiger partial charge in [-0.05, 0) is 38.3 Å². The van der Waals surface area contributed by atoms with E-state index in [1.165, 1.54) is 11.3 Å². The number of nitrogens with zero attached hydrogens (tertiary/aromatic N) is 2. The summed E-state index contributed by atoms with van der Waals surface area (Å²) in [4.78, 5) is 29.0. The van der Waals surface area contributed by atoms with Crippen LogP contribution >= 0.6 is 11.3 Å². The zero-order valence-corrected chi connectivity index (χ0v) is 15.1. The number of piperazine rings is 1. The molecular formula is C18H22N2O3S. The van der Waals surface area contributed by atoms with Crippen LogP contribution in [-0.2, 0) is 4.74 Å². The molecule has 3 rings (SSSR count). The average molecular weight is 346 g/mol. The summed E-state index contributed by atoms with van der Waals surface area (Å²) >= 11 is 1.52. The van der Waals surface area contributed by atoms with Gasteiger partial charge in [0.05, 0.1) is 4.88 Å². The molecule has 5 nitrogen and oxygen atoms in total. The first kappa shape index (κ1) is 16.8. The lowest BCUT2D eigenvalue weighted by Crippen LogP contribution is -2.51. The number of hydrogen-bond donors (Lipinski definition) is 0. The van der Waals surface area contributed by atoms with Crippen LogP contribution in [0.2, 0.25) is 0 Å². The minimum absolute atomic E-state index is 0.0417. The molecule has 1 aromatic carbocycles. The van der Waals surface area contributed by atoms with Crippen molar-refractivity contribution in [2.75, 3.05) is 26.2 Å². The molecule has 128 valence electrons. The monoisotopic (exact) mass is 346 g/mol. The van der Waals surface area contributed by atoms with Crippen molar-refractivity contribution in [1.82, 2.24) is 9.80 Å². The van der Waals surface area contributed by atoms with Crippen LogP contribution in [-0.4, -0.2) is 53.6 Å². The molecule has 2 heterocycles. The number of carbonyl (C=O) groups is 2. The Kier molecular flexibility index (Phi) is 4.49. The topological polar surface area (TPSA) is 49.9 Å². The van der Waals surface area contributed by atoms with E-state index >= 15 is 0 Å². The highest BCUT2D eigenvalue weighted by Gasteiger charge is 2.28. The summed E-state index contributed by atoms with van der Waals surface area (Å²) in [6.07, 6.45) is -0.309. The predicted octanol–water partition coefficient (Wildman–Crippen LogP) is 3.59. The second-order valence-corrected chi connectivity index (χ2v) is 7.99. The molecule has 0 aliphatic carbocycles. The van der Waals surface area contributed by atoms with Gasteiger partial charge in [0.2, 0.25) is 0 Å². The van der Waals surface area contributed by atoms with E-state index in [2.05, 4.69) is 0 Å². The highest BCUT2D eigenvalue weighted by molar-refractivity contribution is 7.20. The average Bonchev–Trinajstić information content (AvgIpc) is 2.96. The summed E-state index contributed by atoms with van der Waals surface area (Å²) in [6, 6.07) is 9.94.